The maximum atomic E-state index is 8.55. The molecule has 0 aliphatic heterocycles. The quantitative estimate of drug-likeness (QED) is 0.535. The third kappa shape index (κ3) is 1.52. The number of halogens is 1. The number of terminal acetylenes is 1. The zero-order valence-electron chi connectivity index (χ0n) is 5.63. The number of nitrogens with zero attached hydrogens (tertiary/aromatic N) is 1. The van der Waals surface area contributed by atoms with E-state index in [0.717, 1.165) is 0 Å². The molecule has 0 unspecified atom stereocenters. The molecule has 1 nitrogen and oxygen atoms in total. The van der Waals surface area contributed by atoms with Gasteiger partial charge in [0.15, 0.2) is 0 Å². The molecule has 0 aliphatic carbocycles. The molecule has 0 aromatic heterocycles. The van der Waals surface area contributed by atoms with Crippen molar-refractivity contribution >= 4 is 11.6 Å². The van der Waals surface area contributed by atoms with Gasteiger partial charge in [0.25, 0.3) is 0 Å². The number of hydrogen-bond acceptors (Lipinski definition) is 1. The zero-order chi connectivity index (χ0) is 8.27. The molecule has 0 bridgehead atoms. The van der Waals surface area contributed by atoms with E-state index in [1.165, 1.54) is 0 Å². The monoisotopic (exact) mass is 161 g/mol. The summed E-state index contributed by atoms with van der Waals surface area (Å²) in [4.78, 5) is 0. The Balaban J connectivity index is 3.34. The normalized spacial score (nSPS) is 8.27. The summed E-state index contributed by atoms with van der Waals surface area (Å²) in [6.45, 7) is 0. The van der Waals surface area contributed by atoms with Crippen LogP contribution in [0.3, 0.4) is 0 Å². The molecule has 11 heavy (non-hydrogen) atoms. The van der Waals surface area contributed by atoms with Crippen molar-refractivity contribution in [1.29, 1.82) is 5.26 Å². The molecular formula is C9H4ClN. The fourth-order valence-electron chi connectivity index (χ4n) is 0.733. The summed E-state index contributed by atoms with van der Waals surface area (Å²) in [7, 11) is 0. The number of hydrogen-bond donors (Lipinski definition) is 0. The van der Waals surface area contributed by atoms with Gasteiger partial charge >= 0.3 is 0 Å². The van der Waals surface area contributed by atoms with Crippen molar-refractivity contribution in [2.75, 3.05) is 0 Å². The van der Waals surface area contributed by atoms with E-state index in [4.69, 9.17) is 23.3 Å². The van der Waals surface area contributed by atoms with E-state index >= 15 is 0 Å². The second kappa shape index (κ2) is 3.10. The molecule has 0 aliphatic rings. The van der Waals surface area contributed by atoms with Crippen molar-refractivity contribution in [2.24, 2.45) is 0 Å². The van der Waals surface area contributed by atoms with Crippen molar-refractivity contribution in [1.82, 2.24) is 0 Å². The largest absolute Gasteiger partial charge is 0.192 e. The van der Waals surface area contributed by atoms with Crippen molar-refractivity contribution in [3.05, 3.63) is 34.3 Å². The first kappa shape index (κ1) is 7.66. The highest BCUT2D eigenvalue weighted by Crippen LogP contribution is 2.13. The van der Waals surface area contributed by atoms with Gasteiger partial charge in [-0.25, -0.2) is 0 Å². The highest BCUT2D eigenvalue weighted by Gasteiger charge is 1.97. The minimum atomic E-state index is 0.483. The molecule has 0 radical (unpaired) electrons. The maximum absolute atomic E-state index is 8.55. The van der Waals surface area contributed by atoms with E-state index in [2.05, 4.69) is 5.92 Å². The summed E-state index contributed by atoms with van der Waals surface area (Å²) in [6.07, 6.45) is 5.14. The van der Waals surface area contributed by atoms with Gasteiger partial charge in [0.2, 0.25) is 0 Å². The van der Waals surface area contributed by atoms with Crippen LogP contribution in [0.25, 0.3) is 0 Å². The highest BCUT2D eigenvalue weighted by molar-refractivity contribution is 6.30. The van der Waals surface area contributed by atoms with Crippen LogP contribution in [-0.4, -0.2) is 0 Å². The average Bonchev–Trinajstić information content (AvgIpc) is 2.04. The fraction of sp³-hybridized carbons (Fsp3) is 0. The zero-order valence-corrected chi connectivity index (χ0v) is 6.39. The van der Waals surface area contributed by atoms with E-state index in [-0.39, 0.29) is 0 Å². The van der Waals surface area contributed by atoms with Gasteiger partial charge in [-0.3, -0.25) is 0 Å². The maximum Gasteiger partial charge on any atom is 0.100 e. The Kier molecular flexibility index (Phi) is 2.16. The molecule has 1 rings (SSSR count). The lowest BCUT2D eigenvalue weighted by Crippen LogP contribution is -1.81. The summed E-state index contributed by atoms with van der Waals surface area (Å²) in [6, 6.07) is 6.82. The number of rotatable bonds is 0. The van der Waals surface area contributed by atoms with Gasteiger partial charge in [-0.2, -0.15) is 5.26 Å². The lowest BCUT2D eigenvalue weighted by Gasteiger charge is -1.94. The van der Waals surface area contributed by atoms with Gasteiger partial charge in [-0.05, 0) is 18.2 Å². The second-order valence-electron chi connectivity index (χ2n) is 1.95. The van der Waals surface area contributed by atoms with Crippen molar-refractivity contribution < 1.29 is 0 Å². The molecule has 0 heterocycles. The molecule has 0 saturated carbocycles. The van der Waals surface area contributed by atoms with Crippen LogP contribution in [0.4, 0.5) is 0 Å². The Bertz CT molecular complexity index is 355. The van der Waals surface area contributed by atoms with Crippen LogP contribution >= 0.6 is 11.6 Å². The van der Waals surface area contributed by atoms with Crippen LogP contribution in [-0.2, 0) is 0 Å². The van der Waals surface area contributed by atoms with E-state index in [9.17, 15) is 0 Å². The lowest BCUT2D eigenvalue weighted by molar-refractivity contribution is 1.47. The van der Waals surface area contributed by atoms with Crippen LogP contribution in [0, 0.1) is 23.7 Å². The van der Waals surface area contributed by atoms with Gasteiger partial charge in [-0.1, -0.05) is 17.5 Å². The molecule has 1 aromatic carbocycles. The first-order chi connectivity index (χ1) is 5.27. The molecule has 0 N–H and O–H groups in total. The van der Waals surface area contributed by atoms with Crippen molar-refractivity contribution in [3.8, 4) is 18.4 Å². The SMILES string of the molecule is C#Cc1cc(Cl)ccc1C#N. The molecule has 0 amide bonds. The predicted octanol–water partition coefficient (Wildman–Crippen LogP) is 2.19. The van der Waals surface area contributed by atoms with Crippen LogP contribution in [0.5, 0.6) is 0 Å². The Morgan fingerprint density at radius 1 is 1.36 bits per heavy atom. The van der Waals surface area contributed by atoms with Crippen LogP contribution in [0.2, 0.25) is 5.02 Å². The Labute approximate surface area is 70.2 Å². The summed E-state index contributed by atoms with van der Waals surface area (Å²) < 4.78 is 0. The molecule has 2 heteroatoms. The average molecular weight is 162 g/mol. The van der Waals surface area contributed by atoms with E-state index in [0.29, 0.717) is 16.1 Å². The number of nitriles is 1. The van der Waals surface area contributed by atoms with Gasteiger partial charge in [0, 0.05) is 10.6 Å². The van der Waals surface area contributed by atoms with Crippen LogP contribution < -0.4 is 0 Å². The Morgan fingerprint density at radius 2 is 2.09 bits per heavy atom. The standard InChI is InChI=1S/C9H4ClN/c1-2-7-5-9(10)4-3-8(7)6-11/h1,3-5H. The highest BCUT2D eigenvalue weighted by atomic mass is 35.5. The smallest absolute Gasteiger partial charge is 0.100 e. The molecule has 0 saturated heterocycles. The first-order valence-corrected chi connectivity index (χ1v) is 3.32. The van der Waals surface area contributed by atoms with E-state index < -0.39 is 0 Å². The molecule has 0 spiro atoms. The molecule has 1 aromatic rings. The molecule has 0 atom stereocenters. The summed E-state index contributed by atoms with van der Waals surface area (Å²) in [5.74, 6) is 2.38. The van der Waals surface area contributed by atoms with Gasteiger partial charge in [-0.15, -0.1) is 6.42 Å². The summed E-state index contributed by atoms with van der Waals surface area (Å²) >= 11 is 5.65. The topological polar surface area (TPSA) is 23.8 Å². The minimum Gasteiger partial charge on any atom is -0.192 e. The number of benzene rings is 1. The van der Waals surface area contributed by atoms with E-state index in [1.807, 2.05) is 6.07 Å². The van der Waals surface area contributed by atoms with Gasteiger partial charge in [0.1, 0.15) is 6.07 Å². The predicted molar refractivity (Wildman–Crippen MR) is 44.1 cm³/mol. The van der Waals surface area contributed by atoms with Crippen LogP contribution in [0.1, 0.15) is 11.1 Å². The molecule has 52 valence electrons. The summed E-state index contributed by atoms with van der Waals surface area (Å²) in [5, 5.41) is 9.10. The fourth-order valence-corrected chi connectivity index (χ4v) is 0.905. The first-order valence-electron chi connectivity index (χ1n) is 2.94. The Morgan fingerprint density at radius 3 is 2.64 bits per heavy atom. The van der Waals surface area contributed by atoms with Crippen molar-refractivity contribution in [3.63, 3.8) is 0 Å². The molecule has 0 fully saturated rings. The van der Waals surface area contributed by atoms with Crippen molar-refractivity contribution in [2.45, 2.75) is 0 Å². The minimum absolute atomic E-state index is 0.483. The van der Waals surface area contributed by atoms with Gasteiger partial charge in [0.05, 0.1) is 5.56 Å². The third-order valence-corrected chi connectivity index (χ3v) is 1.49. The Hall–Kier alpha value is -1.44. The second-order valence-corrected chi connectivity index (χ2v) is 2.38. The lowest BCUT2D eigenvalue weighted by atomic mass is 10.1. The van der Waals surface area contributed by atoms with E-state index in [1.54, 1.807) is 18.2 Å². The molecular weight excluding hydrogens is 158 g/mol. The van der Waals surface area contributed by atoms with Gasteiger partial charge < -0.3 is 0 Å². The summed E-state index contributed by atoms with van der Waals surface area (Å²) in [5.41, 5.74) is 1.02. The van der Waals surface area contributed by atoms with Crippen LogP contribution in [0.15, 0.2) is 18.2 Å². The third-order valence-electron chi connectivity index (χ3n) is 1.26.